The van der Waals surface area contributed by atoms with Crippen molar-refractivity contribution in [3.05, 3.63) is 65.5 Å². The second kappa shape index (κ2) is 6.76. The average molecular weight is 398 g/mol. The van der Waals surface area contributed by atoms with Crippen LogP contribution in [0.5, 0.6) is 0 Å². The normalized spacial score (nSPS) is 16.9. The number of aliphatic hydroxyl groups excluding tert-OH is 1. The molecule has 0 aliphatic carbocycles. The highest BCUT2D eigenvalue weighted by Gasteiger charge is 2.34. The predicted octanol–water partition coefficient (Wildman–Crippen LogP) is 3.34. The molecule has 3 aromatic rings. The fraction of sp³-hybridized carbons (Fsp3) is 0.286. The highest BCUT2D eigenvalue weighted by molar-refractivity contribution is 7.92. The van der Waals surface area contributed by atoms with Crippen molar-refractivity contribution < 1.29 is 13.5 Å². The molecule has 1 atom stereocenters. The Hall–Kier alpha value is -2.64. The molecule has 0 amide bonds. The van der Waals surface area contributed by atoms with Gasteiger partial charge in [0.15, 0.2) is 0 Å². The molecule has 0 fully saturated rings. The lowest BCUT2D eigenvalue weighted by Crippen LogP contribution is -2.37. The number of hydrogen-bond acceptors (Lipinski definition) is 4. The molecule has 0 spiro atoms. The molecule has 2 aromatic carbocycles. The summed E-state index contributed by atoms with van der Waals surface area (Å²) in [5.41, 5.74) is 4.65. The topological polar surface area (TPSA) is 75.4 Å². The van der Waals surface area contributed by atoms with Gasteiger partial charge in [-0.05, 0) is 49.1 Å². The SMILES string of the molecule is Cc1cc(-c2cnn(C)c2)ccc1S(=O)(=O)N1CC[C@H](O)c2cccc(C)c21. The number of aromatic nitrogens is 2. The third-order valence-corrected chi connectivity index (χ3v) is 7.22. The van der Waals surface area contributed by atoms with E-state index in [1.807, 2.05) is 51.4 Å². The minimum atomic E-state index is -3.74. The Bertz CT molecular complexity index is 1150. The van der Waals surface area contributed by atoms with Crippen LogP contribution in [0.1, 0.15) is 29.2 Å². The first kappa shape index (κ1) is 18.7. The standard InChI is InChI=1S/C21H23N3O3S/c1-14-5-4-6-18-19(25)9-10-24(21(14)18)28(26,27)20-8-7-16(11-15(20)2)17-12-22-23(3)13-17/h4-8,11-13,19,25H,9-10H2,1-3H3/t19-/m0/s1. The lowest BCUT2D eigenvalue weighted by atomic mass is 9.98. The van der Waals surface area contributed by atoms with Gasteiger partial charge in [-0.3, -0.25) is 8.99 Å². The summed E-state index contributed by atoms with van der Waals surface area (Å²) in [6.45, 7) is 3.94. The van der Waals surface area contributed by atoms with E-state index in [0.717, 1.165) is 16.7 Å². The smallest absolute Gasteiger partial charge is 0.264 e. The first-order valence-electron chi connectivity index (χ1n) is 9.19. The van der Waals surface area contributed by atoms with Gasteiger partial charge in [0.1, 0.15) is 0 Å². The predicted molar refractivity (Wildman–Crippen MR) is 109 cm³/mol. The van der Waals surface area contributed by atoms with E-state index in [-0.39, 0.29) is 11.4 Å². The molecule has 0 saturated carbocycles. The summed E-state index contributed by atoms with van der Waals surface area (Å²) in [5.74, 6) is 0. The van der Waals surface area contributed by atoms with Crippen LogP contribution in [-0.2, 0) is 17.1 Å². The van der Waals surface area contributed by atoms with Crippen molar-refractivity contribution in [2.75, 3.05) is 10.8 Å². The zero-order chi connectivity index (χ0) is 20.1. The molecule has 1 N–H and O–H groups in total. The van der Waals surface area contributed by atoms with Gasteiger partial charge >= 0.3 is 0 Å². The summed E-state index contributed by atoms with van der Waals surface area (Å²) in [7, 11) is -1.90. The van der Waals surface area contributed by atoms with Gasteiger partial charge in [-0.15, -0.1) is 0 Å². The third-order valence-electron chi connectivity index (χ3n) is 5.26. The highest BCUT2D eigenvalue weighted by Crippen LogP contribution is 2.40. The molecule has 2 heterocycles. The van der Waals surface area contributed by atoms with Crippen LogP contribution < -0.4 is 4.31 Å². The quantitative estimate of drug-likeness (QED) is 0.736. The first-order valence-corrected chi connectivity index (χ1v) is 10.6. The molecular formula is C21H23N3O3S. The monoisotopic (exact) mass is 397 g/mol. The number of fused-ring (bicyclic) bond motifs is 1. The van der Waals surface area contributed by atoms with E-state index in [9.17, 15) is 13.5 Å². The fourth-order valence-electron chi connectivity index (χ4n) is 3.85. The van der Waals surface area contributed by atoms with Crippen LogP contribution in [0.25, 0.3) is 11.1 Å². The van der Waals surface area contributed by atoms with E-state index in [1.165, 1.54) is 4.31 Å². The summed E-state index contributed by atoms with van der Waals surface area (Å²) in [6, 6.07) is 10.9. The molecule has 146 valence electrons. The van der Waals surface area contributed by atoms with E-state index in [0.29, 0.717) is 23.2 Å². The molecule has 28 heavy (non-hydrogen) atoms. The van der Waals surface area contributed by atoms with Gasteiger partial charge in [0, 0.05) is 30.9 Å². The molecule has 0 bridgehead atoms. The lowest BCUT2D eigenvalue weighted by molar-refractivity contribution is 0.166. The van der Waals surface area contributed by atoms with E-state index in [1.54, 1.807) is 23.0 Å². The van der Waals surface area contributed by atoms with Crippen molar-refractivity contribution in [1.29, 1.82) is 0 Å². The Labute approximate surface area is 165 Å². The van der Waals surface area contributed by atoms with Gasteiger partial charge < -0.3 is 5.11 Å². The number of aryl methyl sites for hydroxylation is 3. The van der Waals surface area contributed by atoms with Gasteiger partial charge in [-0.1, -0.05) is 24.3 Å². The molecule has 0 saturated heterocycles. The van der Waals surface area contributed by atoms with Crippen molar-refractivity contribution in [1.82, 2.24) is 9.78 Å². The van der Waals surface area contributed by atoms with Crippen molar-refractivity contribution in [2.45, 2.75) is 31.3 Å². The Kier molecular flexibility index (Phi) is 4.51. The maximum absolute atomic E-state index is 13.5. The maximum atomic E-state index is 13.5. The second-order valence-electron chi connectivity index (χ2n) is 7.28. The van der Waals surface area contributed by atoms with Gasteiger partial charge in [-0.25, -0.2) is 8.42 Å². The van der Waals surface area contributed by atoms with Crippen LogP contribution in [-0.4, -0.2) is 29.8 Å². The number of hydrogen-bond donors (Lipinski definition) is 1. The van der Waals surface area contributed by atoms with Crippen molar-refractivity contribution >= 4 is 15.7 Å². The number of aliphatic hydroxyl groups is 1. The fourth-order valence-corrected chi connectivity index (χ4v) is 5.62. The summed E-state index contributed by atoms with van der Waals surface area (Å²) in [5, 5.41) is 14.5. The zero-order valence-electron chi connectivity index (χ0n) is 16.1. The summed E-state index contributed by atoms with van der Waals surface area (Å²) in [6.07, 6.45) is 3.39. The first-order chi connectivity index (χ1) is 13.3. The van der Waals surface area contributed by atoms with E-state index >= 15 is 0 Å². The highest BCUT2D eigenvalue weighted by atomic mass is 32.2. The Morgan fingerprint density at radius 1 is 1.11 bits per heavy atom. The van der Waals surface area contributed by atoms with Crippen molar-refractivity contribution in [2.24, 2.45) is 7.05 Å². The Morgan fingerprint density at radius 3 is 2.57 bits per heavy atom. The number of para-hydroxylation sites is 1. The van der Waals surface area contributed by atoms with Crippen molar-refractivity contribution in [3.8, 4) is 11.1 Å². The largest absolute Gasteiger partial charge is 0.388 e. The number of benzene rings is 2. The number of anilines is 1. The molecule has 1 aromatic heterocycles. The number of sulfonamides is 1. The summed E-state index contributed by atoms with van der Waals surface area (Å²) < 4.78 is 30.2. The Balaban J connectivity index is 1.79. The van der Waals surface area contributed by atoms with E-state index in [4.69, 9.17) is 0 Å². The van der Waals surface area contributed by atoms with Gasteiger partial charge in [0.25, 0.3) is 10.0 Å². The van der Waals surface area contributed by atoms with E-state index < -0.39 is 16.1 Å². The molecule has 7 heteroatoms. The molecule has 4 rings (SSSR count). The number of nitrogens with zero attached hydrogens (tertiary/aromatic N) is 3. The molecule has 6 nitrogen and oxygen atoms in total. The van der Waals surface area contributed by atoms with Crippen LogP contribution in [0.15, 0.2) is 53.7 Å². The molecule has 1 aliphatic rings. The Morgan fingerprint density at radius 2 is 1.89 bits per heavy atom. The minimum Gasteiger partial charge on any atom is -0.388 e. The van der Waals surface area contributed by atoms with E-state index in [2.05, 4.69) is 5.10 Å². The molecule has 0 unspecified atom stereocenters. The molecule has 0 radical (unpaired) electrons. The van der Waals surface area contributed by atoms with Crippen LogP contribution in [0.3, 0.4) is 0 Å². The molecular weight excluding hydrogens is 374 g/mol. The minimum absolute atomic E-state index is 0.255. The second-order valence-corrected chi connectivity index (χ2v) is 9.11. The maximum Gasteiger partial charge on any atom is 0.264 e. The van der Waals surface area contributed by atoms with Crippen LogP contribution in [0.4, 0.5) is 5.69 Å². The summed E-state index contributed by atoms with van der Waals surface area (Å²) >= 11 is 0. The lowest BCUT2D eigenvalue weighted by Gasteiger charge is -2.34. The van der Waals surface area contributed by atoms with Crippen LogP contribution >= 0.6 is 0 Å². The third kappa shape index (κ3) is 3.00. The van der Waals surface area contributed by atoms with Crippen molar-refractivity contribution in [3.63, 3.8) is 0 Å². The summed E-state index contributed by atoms with van der Waals surface area (Å²) in [4.78, 5) is 0.283. The van der Waals surface area contributed by atoms with Gasteiger partial charge in [0.2, 0.25) is 0 Å². The van der Waals surface area contributed by atoms with Gasteiger partial charge in [0.05, 0.1) is 22.9 Å². The van der Waals surface area contributed by atoms with Gasteiger partial charge in [-0.2, -0.15) is 5.10 Å². The zero-order valence-corrected chi connectivity index (χ0v) is 16.9. The number of rotatable bonds is 3. The molecule has 1 aliphatic heterocycles. The average Bonchev–Trinajstić information content (AvgIpc) is 3.08. The van der Waals surface area contributed by atoms with Crippen LogP contribution in [0.2, 0.25) is 0 Å². The van der Waals surface area contributed by atoms with Crippen LogP contribution in [0, 0.1) is 13.8 Å².